The van der Waals surface area contributed by atoms with E-state index in [1.807, 2.05) is 20.8 Å². The largest absolute Gasteiger partial charge is 0.346 e. The van der Waals surface area contributed by atoms with E-state index in [0.717, 1.165) is 11.1 Å². The van der Waals surface area contributed by atoms with E-state index in [0.29, 0.717) is 0 Å². The van der Waals surface area contributed by atoms with Gasteiger partial charge < -0.3 is 5.32 Å². The van der Waals surface area contributed by atoms with Crippen LogP contribution in [0.5, 0.6) is 0 Å². The second-order valence-corrected chi connectivity index (χ2v) is 5.10. The molecule has 0 aliphatic carbocycles. The summed E-state index contributed by atoms with van der Waals surface area (Å²) in [6.07, 6.45) is 3.67. The van der Waals surface area contributed by atoms with Gasteiger partial charge in [-0.15, -0.1) is 11.8 Å². The van der Waals surface area contributed by atoms with Crippen molar-refractivity contribution in [3.05, 3.63) is 41.5 Å². The first-order chi connectivity index (χ1) is 8.02. The van der Waals surface area contributed by atoms with Gasteiger partial charge in [0.15, 0.2) is 0 Å². The molecule has 1 amide bonds. The smallest absolute Gasteiger partial charge is 0.244 e. The van der Waals surface area contributed by atoms with Crippen molar-refractivity contribution in [3.63, 3.8) is 0 Å². The molecular weight excluding hydrogens is 230 g/mol. The summed E-state index contributed by atoms with van der Waals surface area (Å²) in [7, 11) is 0. The average molecular weight is 249 g/mol. The van der Waals surface area contributed by atoms with Gasteiger partial charge >= 0.3 is 0 Å². The van der Waals surface area contributed by atoms with Crippen molar-refractivity contribution in [1.29, 1.82) is 0 Å². The Morgan fingerprint density at radius 2 is 1.88 bits per heavy atom. The van der Waals surface area contributed by atoms with Crippen molar-refractivity contribution in [2.45, 2.75) is 31.7 Å². The number of thioether (sulfide) groups is 1. The standard InChI is InChI=1S/C14H19NOS/c1-10(2)9-14(16)15-11(3)12-5-7-13(17-4)8-6-12/h5-9,11H,1-4H3,(H,15,16)/t11-/m1/s1. The van der Waals surface area contributed by atoms with Crippen LogP contribution in [0.15, 0.2) is 40.8 Å². The molecule has 1 N–H and O–H groups in total. The van der Waals surface area contributed by atoms with Gasteiger partial charge in [0, 0.05) is 11.0 Å². The summed E-state index contributed by atoms with van der Waals surface area (Å²) in [6, 6.07) is 8.29. The number of rotatable bonds is 4. The van der Waals surface area contributed by atoms with Crippen molar-refractivity contribution < 1.29 is 4.79 Å². The maximum absolute atomic E-state index is 11.6. The first-order valence-electron chi connectivity index (χ1n) is 5.62. The molecule has 0 aliphatic heterocycles. The normalized spacial score (nSPS) is 11.8. The Morgan fingerprint density at radius 1 is 1.29 bits per heavy atom. The predicted octanol–water partition coefficient (Wildman–Crippen LogP) is 3.55. The molecule has 17 heavy (non-hydrogen) atoms. The van der Waals surface area contributed by atoms with Gasteiger partial charge in [0.25, 0.3) is 0 Å². The van der Waals surface area contributed by atoms with Gasteiger partial charge in [-0.25, -0.2) is 0 Å². The molecule has 0 aromatic heterocycles. The topological polar surface area (TPSA) is 29.1 Å². The monoisotopic (exact) mass is 249 g/mol. The number of carbonyl (C=O) groups is 1. The summed E-state index contributed by atoms with van der Waals surface area (Å²) < 4.78 is 0. The van der Waals surface area contributed by atoms with E-state index < -0.39 is 0 Å². The molecule has 0 spiro atoms. The van der Waals surface area contributed by atoms with E-state index in [1.165, 1.54) is 4.90 Å². The Bertz CT molecular complexity index is 405. The second-order valence-electron chi connectivity index (χ2n) is 4.23. The molecule has 0 fully saturated rings. The lowest BCUT2D eigenvalue weighted by atomic mass is 10.1. The van der Waals surface area contributed by atoms with Crippen LogP contribution in [-0.4, -0.2) is 12.2 Å². The lowest BCUT2D eigenvalue weighted by Crippen LogP contribution is -2.24. The maximum atomic E-state index is 11.6. The summed E-state index contributed by atoms with van der Waals surface area (Å²) in [5.74, 6) is -0.0357. The van der Waals surface area contributed by atoms with Crippen molar-refractivity contribution in [1.82, 2.24) is 5.32 Å². The Hall–Kier alpha value is -1.22. The molecule has 1 atom stereocenters. The molecule has 0 heterocycles. The van der Waals surface area contributed by atoms with Crippen LogP contribution in [0.3, 0.4) is 0 Å². The molecule has 0 saturated carbocycles. The van der Waals surface area contributed by atoms with Gasteiger partial charge in [0.2, 0.25) is 5.91 Å². The fourth-order valence-corrected chi connectivity index (χ4v) is 1.90. The zero-order chi connectivity index (χ0) is 12.8. The molecule has 0 radical (unpaired) electrons. The van der Waals surface area contributed by atoms with Crippen LogP contribution in [0.4, 0.5) is 0 Å². The third kappa shape index (κ3) is 4.65. The van der Waals surface area contributed by atoms with E-state index in [9.17, 15) is 4.79 Å². The van der Waals surface area contributed by atoms with Crippen LogP contribution < -0.4 is 5.32 Å². The Morgan fingerprint density at radius 3 is 2.35 bits per heavy atom. The quantitative estimate of drug-likeness (QED) is 0.653. The summed E-state index contributed by atoms with van der Waals surface area (Å²) in [6.45, 7) is 5.82. The molecule has 3 heteroatoms. The highest BCUT2D eigenvalue weighted by Gasteiger charge is 2.07. The molecule has 0 saturated heterocycles. The molecule has 1 aromatic rings. The minimum Gasteiger partial charge on any atom is -0.346 e. The lowest BCUT2D eigenvalue weighted by molar-refractivity contribution is -0.117. The first-order valence-corrected chi connectivity index (χ1v) is 6.84. The van der Waals surface area contributed by atoms with E-state index in [4.69, 9.17) is 0 Å². The minimum absolute atomic E-state index is 0.0357. The van der Waals surface area contributed by atoms with E-state index in [1.54, 1.807) is 17.8 Å². The second kappa shape index (κ2) is 6.50. The molecular formula is C14H19NOS. The molecule has 0 bridgehead atoms. The fourth-order valence-electron chi connectivity index (χ4n) is 1.49. The maximum Gasteiger partial charge on any atom is 0.244 e. The van der Waals surface area contributed by atoms with Crippen LogP contribution in [0, 0.1) is 0 Å². The highest BCUT2D eigenvalue weighted by Crippen LogP contribution is 2.18. The van der Waals surface area contributed by atoms with Crippen molar-refractivity contribution in [2.75, 3.05) is 6.26 Å². The van der Waals surface area contributed by atoms with Gasteiger partial charge in [-0.1, -0.05) is 17.7 Å². The molecule has 1 rings (SSSR count). The van der Waals surface area contributed by atoms with Gasteiger partial charge in [-0.05, 0) is 44.7 Å². The van der Waals surface area contributed by atoms with E-state index in [-0.39, 0.29) is 11.9 Å². The van der Waals surface area contributed by atoms with Gasteiger partial charge in [0.05, 0.1) is 6.04 Å². The van der Waals surface area contributed by atoms with Crippen LogP contribution in [-0.2, 0) is 4.79 Å². The predicted molar refractivity (Wildman–Crippen MR) is 74.2 cm³/mol. The van der Waals surface area contributed by atoms with E-state index in [2.05, 4.69) is 35.8 Å². The number of hydrogen-bond acceptors (Lipinski definition) is 2. The summed E-state index contributed by atoms with van der Waals surface area (Å²) in [4.78, 5) is 12.8. The Kier molecular flexibility index (Phi) is 5.29. The number of allylic oxidation sites excluding steroid dienone is 1. The fraction of sp³-hybridized carbons (Fsp3) is 0.357. The van der Waals surface area contributed by atoms with Gasteiger partial charge in [-0.2, -0.15) is 0 Å². The van der Waals surface area contributed by atoms with Crippen LogP contribution in [0.25, 0.3) is 0 Å². The van der Waals surface area contributed by atoms with Gasteiger partial charge in [-0.3, -0.25) is 4.79 Å². The van der Waals surface area contributed by atoms with Crippen molar-refractivity contribution >= 4 is 17.7 Å². The zero-order valence-electron chi connectivity index (χ0n) is 10.8. The Labute approximate surface area is 107 Å². The Balaban J connectivity index is 2.66. The van der Waals surface area contributed by atoms with Crippen LogP contribution >= 0.6 is 11.8 Å². The summed E-state index contributed by atoms with van der Waals surface area (Å²) in [5.41, 5.74) is 2.13. The third-order valence-corrected chi connectivity index (χ3v) is 3.14. The summed E-state index contributed by atoms with van der Waals surface area (Å²) >= 11 is 1.71. The SMILES string of the molecule is CSc1ccc([C@@H](C)NC(=O)C=C(C)C)cc1. The number of hydrogen-bond donors (Lipinski definition) is 1. The first kappa shape index (κ1) is 13.8. The molecule has 0 unspecified atom stereocenters. The third-order valence-electron chi connectivity index (χ3n) is 2.39. The number of amides is 1. The zero-order valence-corrected chi connectivity index (χ0v) is 11.6. The average Bonchev–Trinajstić information content (AvgIpc) is 2.28. The number of carbonyl (C=O) groups excluding carboxylic acids is 1. The van der Waals surface area contributed by atoms with Crippen molar-refractivity contribution in [2.24, 2.45) is 0 Å². The number of benzene rings is 1. The lowest BCUT2D eigenvalue weighted by Gasteiger charge is -2.13. The van der Waals surface area contributed by atoms with Crippen LogP contribution in [0.1, 0.15) is 32.4 Å². The summed E-state index contributed by atoms with van der Waals surface area (Å²) in [5, 5.41) is 2.94. The number of nitrogens with one attached hydrogen (secondary N) is 1. The van der Waals surface area contributed by atoms with Crippen LogP contribution in [0.2, 0.25) is 0 Å². The van der Waals surface area contributed by atoms with Crippen molar-refractivity contribution in [3.8, 4) is 0 Å². The molecule has 1 aromatic carbocycles. The highest BCUT2D eigenvalue weighted by atomic mass is 32.2. The molecule has 2 nitrogen and oxygen atoms in total. The minimum atomic E-state index is -0.0357. The highest BCUT2D eigenvalue weighted by molar-refractivity contribution is 7.98. The van der Waals surface area contributed by atoms with Gasteiger partial charge in [0.1, 0.15) is 0 Å². The molecule has 92 valence electrons. The molecule has 0 aliphatic rings. The van der Waals surface area contributed by atoms with E-state index >= 15 is 0 Å².